The van der Waals surface area contributed by atoms with Crippen molar-refractivity contribution in [3.05, 3.63) is 59.1 Å². The van der Waals surface area contributed by atoms with Gasteiger partial charge in [-0.25, -0.2) is 4.79 Å². The standard InChI is InChI=1S/C21H22ClNO5/c1-14(2)10-20(25)23-17-8-6-15(7-9-17)19(24)12-28-21(26)13-27-18-5-3-4-16(22)11-18/h3-9,11,14H,10,12-13H2,1-2H3,(H,23,25). The third-order valence-electron chi connectivity index (χ3n) is 3.60. The molecule has 0 saturated heterocycles. The van der Waals surface area contributed by atoms with E-state index in [0.717, 1.165) is 0 Å². The van der Waals surface area contributed by atoms with Crippen LogP contribution in [0.4, 0.5) is 5.69 Å². The van der Waals surface area contributed by atoms with E-state index in [1.165, 1.54) is 0 Å². The zero-order chi connectivity index (χ0) is 20.5. The Hall–Kier alpha value is -2.86. The highest BCUT2D eigenvalue weighted by Crippen LogP contribution is 2.17. The molecular formula is C21H22ClNO5. The van der Waals surface area contributed by atoms with Crippen LogP contribution in [0.2, 0.25) is 5.02 Å². The number of ether oxygens (including phenoxy) is 2. The van der Waals surface area contributed by atoms with Crippen LogP contribution in [0.1, 0.15) is 30.6 Å². The Kier molecular flexibility index (Phi) is 8.02. The molecule has 0 aliphatic heterocycles. The highest BCUT2D eigenvalue weighted by atomic mass is 35.5. The van der Waals surface area contributed by atoms with E-state index in [-0.39, 0.29) is 24.2 Å². The molecule has 1 N–H and O–H groups in total. The van der Waals surface area contributed by atoms with Crippen LogP contribution in [0.15, 0.2) is 48.5 Å². The highest BCUT2D eigenvalue weighted by Gasteiger charge is 2.12. The second-order valence-electron chi connectivity index (χ2n) is 6.55. The van der Waals surface area contributed by atoms with E-state index < -0.39 is 12.6 Å². The van der Waals surface area contributed by atoms with Gasteiger partial charge < -0.3 is 14.8 Å². The summed E-state index contributed by atoms with van der Waals surface area (Å²) in [6.45, 7) is 3.20. The molecule has 0 spiro atoms. The number of hydrogen-bond acceptors (Lipinski definition) is 5. The van der Waals surface area contributed by atoms with Crippen LogP contribution in [0.3, 0.4) is 0 Å². The summed E-state index contributed by atoms with van der Waals surface area (Å²) < 4.78 is 10.2. The smallest absolute Gasteiger partial charge is 0.344 e. The van der Waals surface area contributed by atoms with E-state index in [4.69, 9.17) is 21.1 Å². The van der Waals surface area contributed by atoms with Gasteiger partial charge in [-0.15, -0.1) is 0 Å². The third-order valence-corrected chi connectivity index (χ3v) is 3.84. The number of carbonyl (C=O) groups is 3. The molecule has 28 heavy (non-hydrogen) atoms. The fourth-order valence-electron chi connectivity index (χ4n) is 2.29. The number of nitrogens with one attached hydrogen (secondary N) is 1. The van der Waals surface area contributed by atoms with Gasteiger partial charge in [0.15, 0.2) is 19.0 Å². The van der Waals surface area contributed by atoms with Crippen molar-refractivity contribution in [2.75, 3.05) is 18.5 Å². The molecule has 2 rings (SSSR count). The molecule has 2 aromatic rings. The zero-order valence-corrected chi connectivity index (χ0v) is 16.5. The van der Waals surface area contributed by atoms with E-state index in [1.807, 2.05) is 13.8 Å². The molecule has 6 nitrogen and oxygen atoms in total. The highest BCUT2D eigenvalue weighted by molar-refractivity contribution is 6.30. The van der Waals surface area contributed by atoms with E-state index in [2.05, 4.69) is 5.32 Å². The maximum atomic E-state index is 12.1. The number of halogens is 1. The number of amides is 1. The van der Waals surface area contributed by atoms with Gasteiger partial charge >= 0.3 is 5.97 Å². The van der Waals surface area contributed by atoms with Crippen LogP contribution in [-0.4, -0.2) is 30.9 Å². The van der Waals surface area contributed by atoms with Gasteiger partial charge in [0.25, 0.3) is 0 Å². The molecule has 0 aliphatic rings. The predicted octanol–water partition coefficient (Wildman–Crippen LogP) is 4.13. The molecule has 0 fully saturated rings. The Balaban J connectivity index is 1.77. The molecule has 0 aromatic heterocycles. The summed E-state index contributed by atoms with van der Waals surface area (Å²) in [5, 5.41) is 3.25. The number of carbonyl (C=O) groups excluding carboxylic acids is 3. The minimum absolute atomic E-state index is 0.0808. The maximum Gasteiger partial charge on any atom is 0.344 e. The van der Waals surface area contributed by atoms with Gasteiger partial charge in [-0.05, 0) is 48.4 Å². The van der Waals surface area contributed by atoms with Gasteiger partial charge in [-0.2, -0.15) is 0 Å². The van der Waals surface area contributed by atoms with Crippen LogP contribution in [-0.2, 0) is 14.3 Å². The maximum absolute atomic E-state index is 12.1. The molecule has 0 unspecified atom stereocenters. The first-order valence-electron chi connectivity index (χ1n) is 8.80. The zero-order valence-electron chi connectivity index (χ0n) is 15.7. The van der Waals surface area contributed by atoms with Crippen molar-refractivity contribution < 1.29 is 23.9 Å². The van der Waals surface area contributed by atoms with Gasteiger partial charge in [0.1, 0.15) is 5.75 Å². The molecule has 7 heteroatoms. The van der Waals surface area contributed by atoms with Crippen molar-refractivity contribution in [2.45, 2.75) is 20.3 Å². The summed E-state index contributed by atoms with van der Waals surface area (Å²) in [5.74, 6) is -0.394. The lowest BCUT2D eigenvalue weighted by Gasteiger charge is -2.09. The van der Waals surface area contributed by atoms with Crippen molar-refractivity contribution >= 4 is 34.9 Å². The number of esters is 1. The lowest BCUT2D eigenvalue weighted by molar-refractivity contribution is -0.144. The minimum atomic E-state index is -0.661. The molecule has 0 heterocycles. The van der Waals surface area contributed by atoms with Crippen molar-refractivity contribution in [1.82, 2.24) is 0 Å². The van der Waals surface area contributed by atoms with Crippen LogP contribution < -0.4 is 10.1 Å². The molecule has 0 bridgehead atoms. The normalized spacial score (nSPS) is 10.4. The number of anilines is 1. The van der Waals surface area contributed by atoms with Crippen molar-refractivity contribution in [1.29, 1.82) is 0 Å². The second kappa shape index (κ2) is 10.5. The molecule has 1 amide bonds. The molecule has 2 aromatic carbocycles. The summed E-state index contributed by atoms with van der Waals surface area (Å²) in [6, 6.07) is 13.0. The molecule has 0 saturated carbocycles. The second-order valence-corrected chi connectivity index (χ2v) is 6.99. The predicted molar refractivity (Wildman–Crippen MR) is 107 cm³/mol. The van der Waals surface area contributed by atoms with E-state index in [9.17, 15) is 14.4 Å². The molecule has 0 radical (unpaired) electrons. The number of rotatable bonds is 9. The van der Waals surface area contributed by atoms with Crippen LogP contribution in [0.5, 0.6) is 5.75 Å². The summed E-state index contributed by atoms with van der Waals surface area (Å²) in [4.78, 5) is 35.6. The first-order valence-corrected chi connectivity index (χ1v) is 9.18. The van der Waals surface area contributed by atoms with E-state index >= 15 is 0 Å². The van der Waals surface area contributed by atoms with Gasteiger partial charge in [-0.1, -0.05) is 31.5 Å². The van der Waals surface area contributed by atoms with Gasteiger partial charge in [0.05, 0.1) is 0 Å². The number of benzene rings is 2. The van der Waals surface area contributed by atoms with Crippen molar-refractivity contribution in [3.63, 3.8) is 0 Å². The van der Waals surface area contributed by atoms with Crippen LogP contribution in [0, 0.1) is 5.92 Å². The van der Waals surface area contributed by atoms with E-state index in [0.29, 0.717) is 28.4 Å². The largest absolute Gasteiger partial charge is 0.482 e. The minimum Gasteiger partial charge on any atom is -0.482 e. The lowest BCUT2D eigenvalue weighted by atomic mass is 10.1. The number of Topliss-reactive ketones (excluding diaryl/α,β-unsaturated/α-hetero) is 1. The van der Waals surface area contributed by atoms with Gasteiger partial charge in [0, 0.05) is 22.7 Å². The summed E-state index contributed by atoms with van der Waals surface area (Å²) >= 11 is 5.83. The molecule has 0 atom stereocenters. The average Bonchev–Trinajstić information content (AvgIpc) is 2.64. The Bertz CT molecular complexity index is 833. The van der Waals surface area contributed by atoms with E-state index in [1.54, 1.807) is 48.5 Å². The monoisotopic (exact) mass is 403 g/mol. The fourth-order valence-corrected chi connectivity index (χ4v) is 2.47. The molecule has 148 valence electrons. The summed E-state index contributed by atoms with van der Waals surface area (Å²) in [7, 11) is 0. The van der Waals surface area contributed by atoms with Crippen molar-refractivity contribution in [3.8, 4) is 5.75 Å². The first-order chi connectivity index (χ1) is 13.3. The Morgan fingerprint density at radius 2 is 1.75 bits per heavy atom. The fraction of sp³-hybridized carbons (Fsp3) is 0.286. The number of hydrogen-bond donors (Lipinski definition) is 1. The summed E-state index contributed by atoms with van der Waals surface area (Å²) in [5.41, 5.74) is 0.986. The van der Waals surface area contributed by atoms with Crippen molar-refractivity contribution in [2.24, 2.45) is 5.92 Å². The first kappa shape index (κ1) is 21.4. The number of ketones is 1. The lowest BCUT2D eigenvalue weighted by Crippen LogP contribution is -2.19. The van der Waals surface area contributed by atoms with Crippen LogP contribution in [0.25, 0.3) is 0 Å². The Morgan fingerprint density at radius 1 is 1.04 bits per heavy atom. The van der Waals surface area contributed by atoms with Crippen LogP contribution >= 0.6 is 11.6 Å². The third kappa shape index (κ3) is 7.40. The average molecular weight is 404 g/mol. The molecular weight excluding hydrogens is 382 g/mol. The quantitative estimate of drug-likeness (QED) is 0.503. The molecule has 0 aliphatic carbocycles. The Morgan fingerprint density at radius 3 is 2.39 bits per heavy atom. The Labute approximate surface area is 168 Å². The SMILES string of the molecule is CC(C)CC(=O)Nc1ccc(C(=O)COC(=O)COc2cccc(Cl)c2)cc1. The topological polar surface area (TPSA) is 81.7 Å². The summed E-state index contributed by atoms with van der Waals surface area (Å²) in [6.07, 6.45) is 0.424. The van der Waals surface area contributed by atoms with Gasteiger partial charge in [0.2, 0.25) is 5.91 Å². The van der Waals surface area contributed by atoms with Gasteiger partial charge in [-0.3, -0.25) is 9.59 Å².